The predicted molar refractivity (Wildman–Crippen MR) is 155 cm³/mol. The Labute approximate surface area is 246 Å². The summed E-state index contributed by atoms with van der Waals surface area (Å²) in [5.74, 6) is 0.0664. The van der Waals surface area contributed by atoms with Crippen LogP contribution in [-0.2, 0) is 34.8 Å². The lowest BCUT2D eigenvalue weighted by Crippen LogP contribution is -2.53. The average molecular weight is 600 g/mol. The minimum absolute atomic E-state index is 0. The van der Waals surface area contributed by atoms with Gasteiger partial charge >= 0.3 is 6.09 Å². The van der Waals surface area contributed by atoms with E-state index in [1.807, 2.05) is 29.9 Å². The summed E-state index contributed by atoms with van der Waals surface area (Å²) in [4.78, 5) is 24.3. The van der Waals surface area contributed by atoms with E-state index in [2.05, 4.69) is 20.9 Å². The van der Waals surface area contributed by atoms with Gasteiger partial charge in [0.1, 0.15) is 0 Å². The smallest absolute Gasteiger partial charge is 0.409 e. The number of hydrogen-bond donors (Lipinski definition) is 0. The van der Waals surface area contributed by atoms with Gasteiger partial charge in [-0.25, -0.2) is 23.2 Å². The molecule has 0 bridgehead atoms. The Morgan fingerprint density at radius 2 is 2.00 bits per heavy atom. The number of halogens is 1. The Bertz CT molecular complexity index is 1500. The summed E-state index contributed by atoms with van der Waals surface area (Å²) in [6.45, 7) is 2.35. The molecule has 0 saturated carbocycles. The van der Waals surface area contributed by atoms with E-state index >= 15 is 0 Å². The lowest BCUT2D eigenvalue weighted by molar-refractivity contribution is 0.101. The number of rotatable bonds is 7. The number of benzene rings is 1. The van der Waals surface area contributed by atoms with Gasteiger partial charge in [-0.3, -0.25) is 0 Å². The normalized spacial score (nSPS) is 17.5. The zero-order chi connectivity index (χ0) is 28.3. The van der Waals surface area contributed by atoms with E-state index < -0.39 is 10.0 Å². The van der Waals surface area contributed by atoms with Gasteiger partial charge < -0.3 is 19.1 Å². The number of fused-ring (bicyclic) bond motifs is 1. The van der Waals surface area contributed by atoms with Gasteiger partial charge in [0.15, 0.2) is 5.03 Å². The Kier molecular flexibility index (Phi) is 9.53. The molecule has 1 unspecified atom stereocenters. The van der Waals surface area contributed by atoms with Crippen LogP contribution in [0.2, 0.25) is 0 Å². The molecule has 0 aliphatic carbocycles. The number of imidazole rings is 1. The van der Waals surface area contributed by atoms with Crippen LogP contribution in [0.3, 0.4) is 0 Å². The first-order valence-electron chi connectivity index (χ1n) is 13.3. The summed E-state index contributed by atoms with van der Waals surface area (Å²) in [7, 11) is -0.640. The summed E-state index contributed by atoms with van der Waals surface area (Å²) in [6, 6.07) is 12.3. The number of amides is 1. The number of methoxy groups -OCH3 is 1. The highest BCUT2D eigenvalue weighted by Crippen LogP contribution is 2.34. The fourth-order valence-electron chi connectivity index (χ4n) is 5.62. The highest BCUT2D eigenvalue weighted by molar-refractivity contribution is 7.89. The molecule has 0 radical (unpaired) electrons. The summed E-state index contributed by atoms with van der Waals surface area (Å²) in [6.07, 6.45) is 6.50. The SMILES string of the molecule is COC(=O)N1CCC(CN(C2Cc3cc(C#N)ccc3N(Cc3cncn3C)C2)S(=O)(=O)c2ccccn2)CC1.Cl. The van der Waals surface area contributed by atoms with Gasteiger partial charge in [-0.05, 0) is 61.1 Å². The van der Waals surface area contributed by atoms with Crippen molar-refractivity contribution in [1.82, 2.24) is 23.7 Å². The van der Waals surface area contributed by atoms with E-state index in [0.717, 1.165) is 16.9 Å². The molecule has 2 aromatic heterocycles. The van der Waals surface area contributed by atoms with Gasteiger partial charge in [0.05, 0.1) is 37.3 Å². The fourth-order valence-corrected chi connectivity index (χ4v) is 7.24. The van der Waals surface area contributed by atoms with E-state index in [1.165, 1.54) is 19.4 Å². The van der Waals surface area contributed by atoms with Crippen LogP contribution in [0.5, 0.6) is 0 Å². The molecule has 4 heterocycles. The van der Waals surface area contributed by atoms with Crippen molar-refractivity contribution in [3.63, 3.8) is 0 Å². The van der Waals surface area contributed by atoms with E-state index in [4.69, 9.17) is 4.74 Å². The molecule has 5 rings (SSSR count). The molecule has 0 spiro atoms. The van der Waals surface area contributed by atoms with E-state index in [9.17, 15) is 18.5 Å². The average Bonchev–Trinajstić information content (AvgIpc) is 3.39. The van der Waals surface area contributed by atoms with Crippen LogP contribution in [0.1, 0.15) is 29.7 Å². The molecule has 41 heavy (non-hydrogen) atoms. The largest absolute Gasteiger partial charge is 0.453 e. The summed E-state index contributed by atoms with van der Waals surface area (Å²) in [5.41, 5.74) is 3.44. The first-order valence-corrected chi connectivity index (χ1v) is 14.7. The molecule has 1 atom stereocenters. The van der Waals surface area contributed by atoms with Crippen molar-refractivity contribution in [1.29, 1.82) is 5.26 Å². The molecule has 0 N–H and O–H groups in total. The molecule has 1 fully saturated rings. The zero-order valence-corrected chi connectivity index (χ0v) is 24.7. The van der Waals surface area contributed by atoms with Gasteiger partial charge in [0, 0.05) is 57.3 Å². The van der Waals surface area contributed by atoms with Gasteiger partial charge in [-0.15, -0.1) is 12.4 Å². The van der Waals surface area contributed by atoms with Crippen LogP contribution in [-0.4, -0.2) is 77.6 Å². The van der Waals surface area contributed by atoms with Crippen molar-refractivity contribution >= 4 is 34.2 Å². The maximum Gasteiger partial charge on any atom is 0.409 e. The number of nitriles is 1. The van der Waals surface area contributed by atoms with Gasteiger partial charge in [-0.1, -0.05) is 6.07 Å². The van der Waals surface area contributed by atoms with Crippen LogP contribution in [0.4, 0.5) is 10.5 Å². The Balaban J connectivity index is 0.00000387. The number of pyridine rings is 1. The third-order valence-electron chi connectivity index (χ3n) is 7.81. The quantitative estimate of drug-likeness (QED) is 0.405. The lowest BCUT2D eigenvalue weighted by Gasteiger charge is -2.42. The number of carbonyl (C=O) groups excluding carboxylic acids is 1. The van der Waals surface area contributed by atoms with E-state index in [1.54, 1.807) is 33.7 Å². The van der Waals surface area contributed by atoms with Crippen molar-refractivity contribution in [2.45, 2.75) is 36.9 Å². The van der Waals surface area contributed by atoms with Crippen molar-refractivity contribution in [3.05, 3.63) is 71.9 Å². The van der Waals surface area contributed by atoms with Crippen LogP contribution in [0.15, 0.2) is 60.1 Å². The number of ether oxygens (including phenoxy) is 1. The van der Waals surface area contributed by atoms with Crippen molar-refractivity contribution in [2.24, 2.45) is 13.0 Å². The maximum atomic E-state index is 14.1. The number of piperidine rings is 1. The third-order valence-corrected chi connectivity index (χ3v) is 9.64. The topological polar surface area (TPSA) is 125 Å². The molecular weight excluding hydrogens is 566 g/mol. The molecule has 3 aromatic rings. The number of likely N-dealkylation sites (tertiary alicyclic amines) is 1. The first-order chi connectivity index (χ1) is 19.3. The predicted octanol–water partition coefficient (Wildman–Crippen LogP) is 3.21. The summed E-state index contributed by atoms with van der Waals surface area (Å²) < 4.78 is 36.7. The minimum Gasteiger partial charge on any atom is -0.453 e. The maximum absolute atomic E-state index is 14.1. The standard InChI is InChI=1S/C28H33N7O4S.ClH/c1-32-20-30-16-25(32)19-34-18-24(14-23-13-22(15-29)6-7-26(23)34)35(40(37,38)27-5-3-4-10-31-27)17-21-8-11-33(12-9-21)28(36)39-2;/h3-7,10,13,16,20-21,24H,8-9,11-12,14,17-19H2,1-2H3;1H. The molecule has 2 aliphatic heterocycles. The Hall–Kier alpha value is -3.66. The second-order valence-electron chi connectivity index (χ2n) is 10.3. The van der Waals surface area contributed by atoms with Crippen molar-refractivity contribution in [3.8, 4) is 6.07 Å². The fraction of sp³-hybridized carbons (Fsp3) is 0.429. The molecule has 1 amide bonds. The molecule has 1 saturated heterocycles. The number of nitrogens with zero attached hydrogens (tertiary/aromatic N) is 7. The highest BCUT2D eigenvalue weighted by atomic mass is 35.5. The molecule has 218 valence electrons. The number of sulfonamides is 1. The van der Waals surface area contributed by atoms with E-state index in [0.29, 0.717) is 57.5 Å². The minimum atomic E-state index is -3.94. The molecule has 1 aromatic carbocycles. The van der Waals surface area contributed by atoms with Crippen molar-refractivity contribution in [2.75, 3.05) is 38.2 Å². The van der Waals surface area contributed by atoms with Crippen molar-refractivity contribution < 1.29 is 17.9 Å². The summed E-state index contributed by atoms with van der Waals surface area (Å²) >= 11 is 0. The number of anilines is 1. The van der Waals surface area contributed by atoms with Gasteiger partial charge in [0.25, 0.3) is 10.0 Å². The van der Waals surface area contributed by atoms with Gasteiger partial charge in [0.2, 0.25) is 0 Å². The van der Waals surface area contributed by atoms with Gasteiger partial charge in [-0.2, -0.15) is 9.57 Å². The monoisotopic (exact) mass is 599 g/mol. The van der Waals surface area contributed by atoms with Crippen LogP contribution < -0.4 is 4.90 Å². The lowest BCUT2D eigenvalue weighted by atomic mass is 9.93. The number of aromatic nitrogens is 3. The molecule has 2 aliphatic rings. The third kappa shape index (κ3) is 6.48. The molecular formula is C28H34ClN7O4S. The Morgan fingerprint density at radius 1 is 1.22 bits per heavy atom. The number of hydrogen-bond acceptors (Lipinski definition) is 8. The zero-order valence-electron chi connectivity index (χ0n) is 23.1. The van der Waals surface area contributed by atoms with E-state index in [-0.39, 0.29) is 35.5 Å². The second-order valence-corrected chi connectivity index (χ2v) is 12.2. The second kappa shape index (κ2) is 12.9. The molecule has 11 nitrogen and oxygen atoms in total. The van der Waals surface area contributed by atoms with Crippen LogP contribution >= 0.6 is 12.4 Å². The molecule has 13 heteroatoms. The number of carbonyl (C=O) groups is 1. The summed E-state index contributed by atoms with van der Waals surface area (Å²) in [5, 5.41) is 9.58. The Morgan fingerprint density at radius 3 is 2.63 bits per heavy atom. The highest BCUT2D eigenvalue weighted by Gasteiger charge is 2.39. The first kappa shape index (κ1) is 30.3. The van der Waals surface area contributed by atoms with Crippen LogP contribution in [0, 0.1) is 17.2 Å². The number of aryl methyl sites for hydroxylation is 1. The van der Waals surface area contributed by atoms with Crippen LogP contribution in [0.25, 0.3) is 0 Å².